The summed E-state index contributed by atoms with van der Waals surface area (Å²) in [6, 6.07) is 9.85. The summed E-state index contributed by atoms with van der Waals surface area (Å²) in [4.78, 5) is 8.81. The summed E-state index contributed by atoms with van der Waals surface area (Å²) in [6.45, 7) is 0. The smallest absolute Gasteiger partial charge is 0.124 e. The molecule has 3 aromatic rings. The van der Waals surface area contributed by atoms with Crippen molar-refractivity contribution in [3.05, 3.63) is 53.4 Å². The van der Waals surface area contributed by atoms with Crippen LogP contribution in [0.1, 0.15) is 5.56 Å². The molecule has 0 amide bonds. The van der Waals surface area contributed by atoms with Crippen LogP contribution in [0.4, 0.5) is 0 Å². The van der Waals surface area contributed by atoms with E-state index in [-0.39, 0.29) is 0 Å². The molecule has 5 heteroatoms. The van der Waals surface area contributed by atoms with Gasteiger partial charge in [0.25, 0.3) is 0 Å². The molecule has 0 aliphatic carbocycles. The van der Waals surface area contributed by atoms with Gasteiger partial charge in [0.1, 0.15) is 10.5 Å². The molecule has 0 atom stereocenters. The lowest BCUT2D eigenvalue weighted by Crippen LogP contribution is -1.88. The van der Waals surface area contributed by atoms with Crippen LogP contribution in [0.25, 0.3) is 11.0 Å². The Bertz CT molecular complexity index is 724. The number of imidazole rings is 1. The minimum atomic E-state index is 0.794. The number of nitrogens with zero attached hydrogens (tertiary/aromatic N) is 3. The third-order valence-corrected chi connectivity index (χ3v) is 4.33. The normalized spacial score (nSPS) is 11.1. The number of hydrogen-bond donors (Lipinski definition) is 0. The van der Waals surface area contributed by atoms with E-state index in [1.54, 1.807) is 11.8 Å². The maximum atomic E-state index is 6.16. The van der Waals surface area contributed by atoms with E-state index in [1.165, 1.54) is 0 Å². The highest BCUT2D eigenvalue weighted by Gasteiger charge is 2.08. The van der Waals surface area contributed by atoms with Crippen molar-refractivity contribution >= 4 is 34.4 Å². The first-order valence-electron chi connectivity index (χ1n) is 5.88. The van der Waals surface area contributed by atoms with Crippen molar-refractivity contribution in [2.45, 2.75) is 10.8 Å². The Labute approximate surface area is 120 Å². The van der Waals surface area contributed by atoms with Crippen LogP contribution in [0.3, 0.4) is 0 Å². The van der Waals surface area contributed by atoms with Crippen LogP contribution in [-0.2, 0) is 12.8 Å². The topological polar surface area (TPSA) is 30.7 Å². The predicted octanol–water partition coefficient (Wildman–Crippen LogP) is 3.91. The number of thioether (sulfide) groups is 1. The average Bonchev–Trinajstić information content (AvgIpc) is 2.81. The number of pyridine rings is 1. The Balaban J connectivity index is 1.88. The quantitative estimate of drug-likeness (QED) is 0.685. The zero-order valence-electron chi connectivity index (χ0n) is 10.4. The zero-order valence-corrected chi connectivity index (χ0v) is 11.9. The second-order valence-corrected chi connectivity index (χ2v) is 5.59. The van der Waals surface area contributed by atoms with Crippen molar-refractivity contribution < 1.29 is 0 Å². The molecule has 0 radical (unpaired) electrons. The van der Waals surface area contributed by atoms with Crippen molar-refractivity contribution in [1.82, 2.24) is 14.5 Å². The number of benzene rings is 1. The molecular formula is C14H12ClN3S. The molecule has 0 bridgehead atoms. The van der Waals surface area contributed by atoms with Crippen LogP contribution in [0, 0.1) is 0 Å². The SMILES string of the molecule is Cn1cnc2c(SCc3ccccc3Cl)nccc21. The maximum Gasteiger partial charge on any atom is 0.124 e. The van der Waals surface area contributed by atoms with E-state index in [0.29, 0.717) is 0 Å². The Hall–Kier alpha value is -1.52. The van der Waals surface area contributed by atoms with Gasteiger partial charge in [-0.1, -0.05) is 41.6 Å². The third kappa shape index (κ3) is 2.46. The fourth-order valence-electron chi connectivity index (χ4n) is 1.90. The number of rotatable bonds is 3. The lowest BCUT2D eigenvalue weighted by Gasteiger charge is -2.04. The summed E-state index contributed by atoms with van der Waals surface area (Å²) in [5.41, 5.74) is 3.16. The largest absolute Gasteiger partial charge is 0.334 e. The van der Waals surface area contributed by atoms with Crippen molar-refractivity contribution in [3.63, 3.8) is 0 Å². The van der Waals surface area contributed by atoms with Crippen LogP contribution in [0.15, 0.2) is 47.9 Å². The number of aryl methyl sites for hydroxylation is 1. The summed E-state index contributed by atoms with van der Waals surface area (Å²) in [5, 5.41) is 1.74. The van der Waals surface area contributed by atoms with Gasteiger partial charge in [-0.3, -0.25) is 0 Å². The van der Waals surface area contributed by atoms with E-state index in [0.717, 1.165) is 32.4 Å². The van der Waals surface area contributed by atoms with E-state index >= 15 is 0 Å². The molecule has 2 heterocycles. The van der Waals surface area contributed by atoms with Gasteiger partial charge in [-0.2, -0.15) is 0 Å². The third-order valence-electron chi connectivity index (χ3n) is 2.93. The van der Waals surface area contributed by atoms with Crippen LogP contribution in [0.5, 0.6) is 0 Å². The van der Waals surface area contributed by atoms with Gasteiger partial charge < -0.3 is 4.57 Å². The molecule has 0 saturated heterocycles. The molecule has 19 heavy (non-hydrogen) atoms. The lowest BCUT2D eigenvalue weighted by molar-refractivity contribution is 0.947. The van der Waals surface area contributed by atoms with E-state index in [4.69, 9.17) is 11.6 Å². The Morgan fingerprint density at radius 2 is 2.05 bits per heavy atom. The zero-order chi connectivity index (χ0) is 13.2. The van der Waals surface area contributed by atoms with Crippen molar-refractivity contribution in [1.29, 1.82) is 0 Å². The number of halogens is 1. The van der Waals surface area contributed by atoms with E-state index < -0.39 is 0 Å². The second kappa shape index (κ2) is 5.23. The van der Waals surface area contributed by atoms with Crippen LogP contribution in [0.2, 0.25) is 5.02 Å². The molecule has 0 fully saturated rings. The first-order chi connectivity index (χ1) is 9.25. The van der Waals surface area contributed by atoms with Gasteiger partial charge in [0.15, 0.2) is 0 Å². The molecule has 96 valence electrons. The molecule has 0 unspecified atom stereocenters. The molecule has 3 rings (SSSR count). The number of fused-ring (bicyclic) bond motifs is 1. The first kappa shape index (κ1) is 12.5. The molecule has 1 aromatic carbocycles. The monoisotopic (exact) mass is 289 g/mol. The summed E-state index contributed by atoms with van der Waals surface area (Å²) >= 11 is 7.82. The lowest BCUT2D eigenvalue weighted by atomic mass is 10.2. The van der Waals surface area contributed by atoms with Crippen molar-refractivity contribution in [2.75, 3.05) is 0 Å². The Kier molecular flexibility index (Phi) is 3.44. The van der Waals surface area contributed by atoms with Gasteiger partial charge in [-0.15, -0.1) is 0 Å². The van der Waals surface area contributed by atoms with Gasteiger partial charge in [-0.05, 0) is 17.7 Å². The van der Waals surface area contributed by atoms with E-state index in [9.17, 15) is 0 Å². The molecule has 2 aromatic heterocycles. The summed E-state index contributed by atoms with van der Waals surface area (Å²) in [6.07, 6.45) is 3.63. The molecule has 0 N–H and O–H groups in total. The Morgan fingerprint density at radius 1 is 1.21 bits per heavy atom. The molecule has 0 saturated carbocycles. The van der Waals surface area contributed by atoms with Gasteiger partial charge in [0.2, 0.25) is 0 Å². The van der Waals surface area contributed by atoms with Crippen LogP contribution in [-0.4, -0.2) is 14.5 Å². The van der Waals surface area contributed by atoms with Crippen molar-refractivity contribution in [3.8, 4) is 0 Å². The Morgan fingerprint density at radius 3 is 2.89 bits per heavy atom. The highest BCUT2D eigenvalue weighted by Crippen LogP contribution is 2.29. The predicted molar refractivity (Wildman–Crippen MR) is 79.5 cm³/mol. The molecule has 0 aliphatic rings. The average molecular weight is 290 g/mol. The molecule has 3 nitrogen and oxygen atoms in total. The van der Waals surface area contributed by atoms with Crippen LogP contribution >= 0.6 is 23.4 Å². The molecule has 0 spiro atoms. The minimum absolute atomic E-state index is 0.794. The van der Waals surface area contributed by atoms with E-state index in [1.807, 2.05) is 54.5 Å². The van der Waals surface area contributed by atoms with Gasteiger partial charge in [0, 0.05) is 24.0 Å². The summed E-state index contributed by atoms with van der Waals surface area (Å²) in [7, 11) is 1.98. The van der Waals surface area contributed by atoms with Crippen LogP contribution < -0.4 is 0 Å². The maximum absolute atomic E-state index is 6.16. The summed E-state index contributed by atoms with van der Waals surface area (Å²) < 4.78 is 2.00. The molecular weight excluding hydrogens is 278 g/mol. The first-order valence-corrected chi connectivity index (χ1v) is 7.24. The standard InChI is InChI=1S/C14H12ClN3S/c1-18-9-17-13-12(18)6-7-16-14(13)19-8-10-4-2-3-5-11(10)15/h2-7,9H,8H2,1H3. The fraction of sp³-hybridized carbons (Fsp3) is 0.143. The highest BCUT2D eigenvalue weighted by atomic mass is 35.5. The highest BCUT2D eigenvalue weighted by molar-refractivity contribution is 7.98. The minimum Gasteiger partial charge on any atom is -0.334 e. The fourth-order valence-corrected chi connectivity index (χ4v) is 3.16. The van der Waals surface area contributed by atoms with Crippen molar-refractivity contribution in [2.24, 2.45) is 7.05 Å². The number of hydrogen-bond acceptors (Lipinski definition) is 3. The number of aromatic nitrogens is 3. The summed E-state index contributed by atoms with van der Waals surface area (Å²) in [5.74, 6) is 0.794. The van der Waals surface area contributed by atoms with Gasteiger partial charge in [-0.25, -0.2) is 9.97 Å². The van der Waals surface area contributed by atoms with Gasteiger partial charge >= 0.3 is 0 Å². The van der Waals surface area contributed by atoms with E-state index in [2.05, 4.69) is 9.97 Å². The molecule has 0 aliphatic heterocycles. The second-order valence-electron chi connectivity index (χ2n) is 4.22. The van der Waals surface area contributed by atoms with Gasteiger partial charge in [0.05, 0.1) is 11.8 Å².